The largest absolute Gasteiger partial charge is 0.481 e. The van der Waals surface area contributed by atoms with E-state index in [1.54, 1.807) is 31.2 Å². The Labute approximate surface area is 158 Å². The molecule has 0 saturated heterocycles. The summed E-state index contributed by atoms with van der Waals surface area (Å²) in [4.78, 5) is 12.1. The summed E-state index contributed by atoms with van der Waals surface area (Å²) in [5.74, 6) is 0.519. The van der Waals surface area contributed by atoms with E-state index >= 15 is 0 Å². The second kappa shape index (κ2) is 8.33. The molecule has 8 heteroatoms. The summed E-state index contributed by atoms with van der Waals surface area (Å²) in [6.45, 7) is 1.74. The van der Waals surface area contributed by atoms with Crippen molar-refractivity contribution in [2.24, 2.45) is 0 Å². The van der Waals surface area contributed by atoms with Crippen LogP contribution in [0.1, 0.15) is 29.3 Å². The van der Waals surface area contributed by atoms with Gasteiger partial charge in [0.2, 0.25) is 0 Å². The lowest BCUT2D eigenvalue weighted by Gasteiger charge is -2.10. The van der Waals surface area contributed by atoms with E-state index < -0.39 is 6.10 Å². The normalized spacial score (nSPS) is 12.0. The summed E-state index contributed by atoms with van der Waals surface area (Å²) in [5.41, 5.74) is 0.564. The van der Waals surface area contributed by atoms with Gasteiger partial charge in [0, 0.05) is 10.6 Å². The van der Waals surface area contributed by atoms with E-state index in [2.05, 4.69) is 10.2 Å². The lowest BCUT2D eigenvalue weighted by Crippen LogP contribution is -2.03. The van der Waals surface area contributed by atoms with Gasteiger partial charge in [-0.15, -0.1) is 10.2 Å². The molecule has 1 aromatic heterocycles. The molecule has 0 aliphatic heterocycles. The molecule has 0 aliphatic rings. The van der Waals surface area contributed by atoms with Gasteiger partial charge in [0.1, 0.15) is 11.6 Å². The van der Waals surface area contributed by atoms with Crippen LogP contribution in [0.25, 0.3) is 0 Å². The number of carbonyl (C=O) groups is 1. The summed E-state index contributed by atoms with van der Waals surface area (Å²) in [5, 5.41) is 8.68. The second-order valence-corrected chi connectivity index (χ2v) is 6.70. The second-order valence-electron chi connectivity index (χ2n) is 5.34. The molecule has 1 heterocycles. The molecule has 0 N–H and O–H groups in total. The van der Waals surface area contributed by atoms with E-state index in [1.807, 2.05) is 0 Å². The monoisotopic (exact) mass is 392 g/mol. The molecule has 1 atom stereocenters. The highest BCUT2D eigenvalue weighted by atomic mass is 35.5. The first-order chi connectivity index (χ1) is 12.5. The molecule has 0 radical (unpaired) electrons. The fourth-order valence-corrected chi connectivity index (χ4v) is 2.85. The van der Waals surface area contributed by atoms with Crippen molar-refractivity contribution in [2.75, 3.05) is 5.75 Å². The Morgan fingerprint density at radius 2 is 1.88 bits per heavy atom. The summed E-state index contributed by atoms with van der Waals surface area (Å²) >= 11 is 6.95. The van der Waals surface area contributed by atoms with E-state index in [9.17, 15) is 9.18 Å². The number of carbonyl (C=O) groups excluding carboxylic acids is 1. The molecule has 3 aromatic rings. The molecule has 3 rings (SSSR count). The van der Waals surface area contributed by atoms with Gasteiger partial charge in [0.25, 0.3) is 11.1 Å². The van der Waals surface area contributed by atoms with Crippen LogP contribution in [0, 0.1) is 5.82 Å². The Morgan fingerprint density at radius 3 is 2.58 bits per heavy atom. The molecular formula is C18H14ClFN2O3S. The maximum atomic E-state index is 12.9. The number of hydrogen-bond acceptors (Lipinski definition) is 6. The van der Waals surface area contributed by atoms with Gasteiger partial charge in [0.05, 0.1) is 5.75 Å². The highest BCUT2D eigenvalue weighted by molar-refractivity contribution is 7.99. The molecule has 0 aliphatic carbocycles. The van der Waals surface area contributed by atoms with Crippen molar-refractivity contribution in [1.82, 2.24) is 10.2 Å². The zero-order valence-corrected chi connectivity index (χ0v) is 15.3. The number of rotatable bonds is 7. The van der Waals surface area contributed by atoms with Crippen molar-refractivity contribution in [3.8, 4) is 5.75 Å². The van der Waals surface area contributed by atoms with Crippen molar-refractivity contribution < 1.29 is 18.3 Å². The molecule has 0 fully saturated rings. The number of Topliss-reactive ketones (excluding diaryl/α,β-unsaturated/α-hetero) is 1. The third kappa shape index (κ3) is 4.83. The quantitative estimate of drug-likeness (QED) is 0.417. The van der Waals surface area contributed by atoms with Crippen LogP contribution in [0.15, 0.2) is 58.2 Å². The van der Waals surface area contributed by atoms with Crippen molar-refractivity contribution in [1.29, 1.82) is 0 Å². The van der Waals surface area contributed by atoms with E-state index in [-0.39, 0.29) is 28.5 Å². The van der Waals surface area contributed by atoms with Crippen LogP contribution in [0.5, 0.6) is 5.75 Å². The number of thioether (sulfide) groups is 1. The molecule has 2 aromatic carbocycles. The third-order valence-electron chi connectivity index (χ3n) is 3.39. The van der Waals surface area contributed by atoms with Crippen molar-refractivity contribution in [2.45, 2.75) is 18.3 Å². The molecule has 0 saturated carbocycles. The number of ether oxygens (including phenoxy) is 1. The van der Waals surface area contributed by atoms with Gasteiger partial charge in [-0.05, 0) is 55.5 Å². The van der Waals surface area contributed by atoms with Crippen molar-refractivity contribution >= 4 is 29.1 Å². The highest BCUT2D eigenvalue weighted by Crippen LogP contribution is 2.24. The van der Waals surface area contributed by atoms with Crippen LogP contribution in [0.4, 0.5) is 4.39 Å². The Balaban J connectivity index is 1.56. The van der Waals surface area contributed by atoms with Gasteiger partial charge in [-0.25, -0.2) is 4.39 Å². The first kappa shape index (κ1) is 18.4. The smallest absolute Gasteiger partial charge is 0.277 e. The predicted molar refractivity (Wildman–Crippen MR) is 96.2 cm³/mol. The molecular weight excluding hydrogens is 379 g/mol. The number of ketones is 1. The molecule has 0 unspecified atom stereocenters. The molecule has 5 nitrogen and oxygen atoms in total. The van der Waals surface area contributed by atoms with Gasteiger partial charge < -0.3 is 9.15 Å². The Bertz CT molecular complexity index is 884. The third-order valence-corrected chi connectivity index (χ3v) is 4.46. The Morgan fingerprint density at radius 1 is 1.19 bits per heavy atom. The highest BCUT2D eigenvalue weighted by Gasteiger charge is 2.17. The standard InChI is InChI=1S/C18H14ClFN2O3S/c1-11(24-15-8-6-14(20)7-9-15)17-21-22-18(25-17)26-10-16(23)12-2-4-13(19)5-3-12/h2-9,11H,10H2,1H3/t11-/m1/s1. The maximum absolute atomic E-state index is 12.9. The zero-order valence-electron chi connectivity index (χ0n) is 13.7. The molecule has 0 bridgehead atoms. The average Bonchev–Trinajstić information content (AvgIpc) is 3.11. The SMILES string of the molecule is C[C@@H](Oc1ccc(F)cc1)c1nnc(SCC(=O)c2ccc(Cl)cc2)o1. The van der Waals surface area contributed by atoms with Crippen molar-refractivity contribution in [3.63, 3.8) is 0 Å². The van der Waals surface area contributed by atoms with Crippen LogP contribution in [0.2, 0.25) is 5.02 Å². The number of halogens is 2. The predicted octanol–water partition coefficient (Wildman–Crippen LogP) is 4.98. The first-order valence-corrected chi connectivity index (χ1v) is 9.05. The van der Waals surface area contributed by atoms with Gasteiger partial charge in [-0.3, -0.25) is 4.79 Å². The average molecular weight is 393 g/mol. The van der Waals surface area contributed by atoms with Gasteiger partial charge >= 0.3 is 0 Å². The Kier molecular flexibility index (Phi) is 5.90. The molecule has 26 heavy (non-hydrogen) atoms. The topological polar surface area (TPSA) is 65.2 Å². The van der Waals surface area contributed by atoms with Gasteiger partial charge in [0.15, 0.2) is 11.9 Å². The van der Waals surface area contributed by atoms with E-state index in [1.165, 1.54) is 24.3 Å². The minimum absolute atomic E-state index is 0.0676. The summed E-state index contributed by atoms with van der Waals surface area (Å²) in [6, 6.07) is 12.3. The van der Waals surface area contributed by atoms with Crippen LogP contribution in [-0.2, 0) is 0 Å². The lowest BCUT2D eigenvalue weighted by atomic mass is 10.1. The molecule has 0 spiro atoms. The molecule has 0 amide bonds. The van der Waals surface area contributed by atoms with Crippen LogP contribution < -0.4 is 4.74 Å². The van der Waals surface area contributed by atoms with Crippen LogP contribution in [-0.4, -0.2) is 21.7 Å². The number of aromatic nitrogens is 2. The van der Waals surface area contributed by atoms with Crippen LogP contribution in [0.3, 0.4) is 0 Å². The summed E-state index contributed by atoms with van der Waals surface area (Å²) < 4.78 is 24.0. The van der Waals surface area contributed by atoms with Crippen molar-refractivity contribution in [3.05, 3.63) is 70.8 Å². The van der Waals surface area contributed by atoms with Gasteiger partial charge in [-0.1, -0.05) is 23.4 Å². The fraction of sp³-hybridized carbons (Fsp3) is 0.167. The van der Waals surface area contributed by atoms with Gasteiger partial charge in [-0.2, -0.15) is 0 Å². The Hall–Kier alpha value is -2.38. The fourth-order valence-electron chi connectivity index (χ4n) is 2.06. The number of benzene rings is 2. The minimum atomic E-state index is -0.505. The zero-order chi connectivity index (χ0) is 18.5. The molecule has 134 valence electrons. The van der Waals surface area contributed by atoms with Crippen LogP contribution >= 0.6 is 23.4 Å². The number of hydrogen-bond donors (Lipinski definition) is 0. The van der Waals surface area contributed by atoms with E-state index in [0.29, 0.717) is 16.3 Å². The summed E-state index contributed by atoms with van der Waals surface area (Å²) in [7, 11) is 0. The number of nitrogens with zero attached hydrogens (tertiary/aromatic N) is 2. The van der Waals surface area contributed by atoms with E-state index in [4.69, 9.17) is 20.8 Å². The van der Waals surface area contributed by atoms with E-state index in [0.717, 1.165) is 11.8 Å². The maximum Gasteiger partial charge on any atom is 0.277 e. The summed E-state index contributed by atoms with van der Waals surface area (Å²) in [6.07, 6.45) is -0.505. The first-order valence-electron chi connectivity index (χ1n) is 7.68. The minimum Gasteiger partial charge on any atom is -0.481 e. The lowest BCUT2D eigenvalue weighted by molar-refractivity contribution is 0.102.